The number of aliphatic carboxylic acids is 1. The summed E-state index contributed by atoms with van der Waals surface area (Å²) in [5, 5.41) is 29.8. The lowest BCUT2D eigenvalue weighted by Gasteiger charge is -2.15. The lowest BCUT2D eigenvalue weighted by molar-refractivity contribution is -0.139. The molecule has 4 heterocycles. The molecule has 2 aromatic carbocycles. The van der Waals surface area contributed by atoms with Gasteiger partial charge in [0.25, 0.3) is 11.8 Å². The van der Waals surface area contributed by atoms with Crippen LogP contribution in [0, 0.1) is 6.92 Å². The van der Waals surface area contributed by atoms with Crippen LogP contribution in [-0.2, 0) is 11.3 Å². The van der Waals surface area contributed by atoms with Crippen LogP contribution >= 0.6 is 0 Å². The Hall–Kier alpha value is -6.52. The van der Waals surface area contributed by atoms with E-state index in [2.05, 4.69) is 51.2 Å². The molecule has 0 aliphatic rings. The number of hydrogen-bond donors (Lipinski definition) is 6. The summed E-state index contributed by atoms with van der Waals surface area (Å²) in [6.45, 7) is 6.43. The molecule has 0 saturated carbocycles. The third-order valence-electron chi connectivity index (χ3n) is 7.43. The molecule has 0 unspecified atom stereocenters. The molecule has 0 saturated heterocycles. The smallest absolute Gasteiger partial charge is 0.326 e. The molecule has 0 aliphatic carbocycles. The number of amides is 2. The van der Waals surface area contributed by atoms with Crippen LogP contribution in [-0.4, -0.2) is 80.6 Å². The number of aryl methyl sites for hydroxylation is 1. The fourth-order valence-corrected chi connectivity index (χ4v) is 5.13. The molecule has 0 radical (unpaired) electrons. The number of benzene rings is 2. The Bertz CT molecular complexity index is 2130. The van der Waals surface area contributed by atoms with Crippen LogP contribution in [0.3, 0.4) is 0 Å². The third-order valence-corrected chi connectivity index (χ3v) is 7.43. The average Bonchev–Trinajstić information content (AvgIpc) is 3.77. The van der Waals surface area contributed by atoms with Crippen LogP contribution < -0.4 is 22.1 Å². The van der Waals surface area contributed by atoms with Gasteiger partial charge in [-0.15, -0.1) is 10.2 Å². The van der Waals surface area contributed by atoms with E-state index >= 15 is 0 Å². The Morgan fingerprint density at radius 3 is 2.59 bits per heavy atom. The van der Waals surface area contributed by atoms with Gasteiger partial charge in [0.05, 0.1) is 24.0 Å². The van der Waals surface area contributed by atoms with Crippen molar-refractivity contribution in [1.29, 1.82) is 0 Å². The minimum absolute atomic E-state index is 0.0161. The van der Waals surface area contributed by atoms with Gasteiger partial charge in [-0.3, -0.25) is 9.59 Å². The first-order valence-corrected chi connectivity index (χ1v) is 15.5. The van der Waals surface area contributed by atoms with E-state index in [1.165, 1.54) is 0 Å². The molecule has 0 spiro atoms. The highest BCUT2D eigenvalue weighted by molar-refractivity contribution is 6.01. The topological polar surface area (TPSA) is 258 Å². The quantitative estimate of drug-likeness (QED) is 0.109. The zero-order valence-corrected chi connectivity index (χ0v) is 27.0. The largest absolute Gasteiger partial charge is 0.480 e. The molecule has 17 heteroatoms. The number of aromatic nitrogens is 9. The number of nitrogens with zero attached hydrogens (tertiary/aromatic N) is 8. The van der Waals surface area contributed by atoms with Gasteiger partial charge < -0.3 is 31.8 Å². The van der Waals surface area contributed by atoms with Crippen molar-refractivity contribution >= 4 is 51.6 Å². The average molecular weight is 666 g/mol. The lowest BCUT2D eigenvalue weighted by Crippen LogP contribution is -2.41. The van der Waals surface area contributed by atoms with Gasteiger partial charge in [0.15, 0.2) is 17.0 Å². The summed E-state index contributed by atoms with van der Waals surface area (Å²) in [5.74, 6) is -1.64. The molecule has 252 valence electrons. The van der Waals surface area contributed by atoms with Crippen LogP contribution in [0.1, 0.15) is 58.7 Å². The number of nitrogen functional groups attached to an aromatic ring is 2. The van der Waals surface area contributed by atoms with E-state index in [9.17, 15) is 19.5 Å². The number of carbonyl (C=O) groups excluding carboxylic acids is 2. The van der Waals surface area contributed by atoms with Crippen molar-refractivity contribution in [1.82, 2.24) is 55.8 Å². The van der Waals surface area contributed by atoms with Crippen LogP contribution in [0.2, 0.25) is 0 Å². The van der Waals surface area contributed by atoms with E-state index in [0.717, 1.165) is 16.5 Å². The first-order valence-electron chi connectivity index (χ1n) is 15.5. The van der Waals surface area contributed by atoms with Gasteiger partial charge in [-0.25, -0.2) is 14.8 Å². The number of rotatable bonds is 11. The van der Waals surface area contributed by atoms with Gasteiger partial charge in [-0.05, 0) is 61.4 Å². The van der Waals surface area contributed by atoms with Gasteiger partial charge >= 0.3 is 5.97 Å². The maximum absolute atomic E-state index is 13.1. The molecular formula is C32H35N13O4. The molecule has 49 heavy (non-hydrogen) atoms. The highest BCUT2D eigenvalue weighted by Crippen LogP contribution is 2.22. The summed E-state index contributed by atoms with van der Waals surface area (Å²) in [7, 11) is 0. The summed E-state index contributed by atoms with van der Waals surface area (Å²) >= 11 is 0. The van der Waals surface area contributed by atoms with Crippen LogP contribution in [0.15, 0.2) is 54.9 Å². The molecule has 1 atom stereocenters. The number of carbonyl (C=O) groups is 3. The number of carboxylic acid groups (broad SMARTS) is 1. The molecule has 0 bridgehead atoms. The van der Waals surface area contributed by atoms with Crippen molar-refractivity contribution in [2.45, 2.75) is 46.2 Å². The van der Waals surface area contributed by atoms with E-state index in [-0.39, 0.29) is 36.5 Å². The molecule has 17 nitrogen and oxygen atoms in total. The Labute approximate surface area is 279 Å². The highest BCUT2D eigenvalue weighted by Gasteiger charge is 2.22. The number of anilines is 2. The van der Waals surface area contributed by atoms with E-state index in [4.69, 9.17) is 11.5 Å². The Morgan fingerprint density at radius 2 is 1.84 bits per heavy atom. The summed E-state index contributed by atoms with van der Waals surface area (Å²) in [6.07, 6.45) is 3.82. The minimum Gasteiger partial charge on any atom is -0.480 e. The van der Waals surface area contributed by atoms with E-state index in [0.29, 0.717) is 46.5 Å². The second-order valence-corrected chi connectivity index (χ2v) is 10.8. The number of hydrogen-bond acceptors (Lipinski definition) is 12. The maximum Gasteiger partial charge on any atom is 0.326 e. The van der Waals surface area contributed by atoms with Crippen LogP contribution in [0.5, 0.6) is 0 Å². The predicted molar refractivity (Wildman–Crippen MR) is 181 cm³/mol. The monoisotopic (exact) mass is 665 g/mol. The Morgan fingerprint density at radius 1 is 1.02 bits per heavy atom. The summed E-state index contributed by atoms with van der Waals surface area (Å²) < 4.78 is 1.93. The molecule has 8 N–H and O–H groups in total. The van der Waals surface area contributed by atoms with Gasteiger partial charge in [-0.2, -0.15) is 15.2 Å². The van der Waals surface area contributed by atoms with E-state index in [1.54, 1.807) is 42.6 Å². The first kappa shape index (κ1) is 33.8. The number of nitrogens with one attached hydrogen (secondary N) is 3. The summed E-state index contributed by atoms with van der Waals surface area (Å²) in [6, 6.07) is 11.0. The van der Waals surface area contributed by atoms with Crippen molar-refractivity contribution in [2.75, 3.05) is 18.0 Å². The highest BCUT2D eigenvalue weighted by atomic mass is 16.4. The molecule has 6 rings (SSSR count). The molecule has 4 aromatic heterocycles. The minimum atomic E-state index is -1.18. The van der Waals surface area contributed by atoms with Crippen LogP contribution in [0.4, 0.5) is 11.8 Å². The maximum atomic E-state index is 13.1. The Kier molecular flexibility index (Phi) is 10.3. The molecule has 0 fully saturated rings. The lowest BCUT2D eigenvalue weighted by atomic mass is 10.0. The van der Waals surface area contributed by atoms with E-state index < -0.39 is 17.9 Å². The Balaban J connectivity index is 0.00000230. The van der Waals surface area contributed by atoms with Gasteiger partial charge in [0, 0.05) is 34.8 Å². The normalized spacial score (nSPS) is 11.5. The van der Waals surface area contributed by atoms with Crippen LogP contribution in [0.25, 0.3) is 33.5 Å². The number of aromatic amines is 1. The standard InChI is InChI=1S/C30H29N13O4.C2H6/c1-15-4-6-19(20(11-15)25-39-41-42-40-25)28(45)33-9-2-3-21(29(46)47)36-27(44)17-5-7-22-16(12-17)8-10-43(22)14-18-13-34-26-23(35-18)24(31)37-30(32)38-26;1-2/h4-8,10-13,21H,2-3,9,14H2,1H3,(H,33,45)(H,36,44)(H,46,47)(H,39,40,41,42)(H4,31,32,34,37,38);1-2H3/t21-;/m0./s1. The van der Waals surface area contributed by atoms with Crippen molar-refractivity contribution in [3.05, 3.63) is 77.2 Å². The van der Waals surface area contributed by atoms with Crippen molar-refractivity contribution < 1.29 is 19.5 Å². The SMILES string of the molecule is CC.Cc1ccc(C(=O)NCCC[C@H](NC(=O)c2ccc3c(ccn3Cc3cnc4nc(N)nc(N)c4n3)c2)C(=O)O)c(-c2nn[nH]n2)c1. The zero-order chi connectivity index (χ0) is 35.1. The molecule has 6 aromatic rings. The van der Waals surface area contributed by atoms with Crippen molar-refractivity contribution in [2.24, 2.45) is 0 Å². The summed E-state index contributed by atoms with van der Waals surface area (Å²) in [5.41, 5.74) is 15.8. The van der Waals surface area contributed by atoms with E-state index in [1.807, 2.05) is 37.6 Å². The zero-order valence-electron chi connectivity index (χ0n) is 27.0. The number of nitrogens with two attached hydrogens (primary N) is 2. The van der Waals surface area contributed by atoms with Crippen molar-refractivity contribution in [3.8, 4) is 11.4 Å². The number of carboxylic acids is 1. The van der Waals surface area contributed by atoms with Crippen molar-refractivity contribution in [3.63, 3.8) is 0 Å². The predicted octanol–water partition coefficient (Wildman–Crippen LogP) is 2.50. The van der Waals surface area contributed by atoms with Gasteiger partial charge in [-0.1, -0.05) is 25.5 Å². The summed E-state index contributed by atoms with van der Waals surface area (Å²) in [4.78, 5) is 54.7. The van der Waals surface area contributed by atoms with Gasteiger partial charge in [0.2, 0.25) is 11.8 Å². The first-order chi connectivity index (χ1) is 23.7. The van der Waals surface area contributed by atoms with Gasteiger partial charge in [0.1, 0.15) is 6.04 Å². The number of fused-ring (bicyclic) bond motifs is 2. The fraction of sp³-hybridized carbons (Fsp3) is 0.250. The number of tetrazole rings is 1. The second-order valence-electron chi connectivity index (χ2n) is 10.8. The molecule has 0 aliphatic heterocycles. The molecular weight excluding hydrogens is 630 g/mol. The third kappa shape index (κ3) is 7.73. The molecule has 2 amide bonds. The second kappa shape index (κ2) is 14.9. The fourth-order valence-electron chi connectivity index (χ4n) is 5.13. The number of H-pyrrole nitrogens is 1.